The van der Waals surface area contributed by atoms with Crippen LogP contribution in [0.4, 0.5) is 0 Å². The zero-order chi connectivity index (χ0) is 12.3. The minimum absolute atomic E-state index is 0.776. The molecule has 2 heteroatoms. The van der Waals surface area contributed by atoms with Crippen molar-refractivity contribution in [3.05, 3.63) is 0 Å². The first-order valence-corrected chi connectivity index (χ1v) is 7.64. The predicted molar refractivity (Wildman–Crippen MR) is 74.2 cm³/mol. The normalized spacial score (nSPS) is 29.3. The van der Waals surface area contributed by atoms with E-state index in [0.29, 0.717) is 0 Å². The zero-order valence-electron chi connectivity index (χ0n) is 11.9. The van der Waals surface area contributed by atoms with Crippen molar-refractivity contribution in [3.8, 4) is 0 Å². The first kappa shape index (κ1) is 13.4. The molecule has 0 aromatic rings. The highest BCUT2D eigenvalue weighted by atomic mass is 15.2. The molecular formula is C15H30N2. The molecule has 100 valence electrons. The maximum absolute atomic E-state index is 3.75. The van der Waals surface area contributed by atoms with E-state index in [2.05, 4.69) is 31.0 Å². The summed E-state index contributed by atoms with van der Waals surface area (Å²) in [6.07, 6.45) is 7.00. The lowest BCUT2D eigenvalue weighted by Gasteiger charge is -2.30. The summed E-state index contributed by atoms with van der Waals surface area (Å²) in [5, 5.41) is 3.75. The maximum atomic E-state index is 3.75. The van der Waals surface area contributed by atoms with Gasteiger partial charge in [-0.2, -0.15) is 0 Å². The van der Waals surface area contributed by atoms with E-state index in [4.69, 9.17) is 0 Å². The van der Waals surface area contributed by atoms with Gasteiger partial charge in [-0.25, -0.2) is 0 Å². The Labute approximate surface area is 107 Å². The van der Waals surface area contributed by atoms with Crippen LogP contribution in [0.15, 0.2) is 0 Å². The van der Waals surface area contributed by atoms with Crippen molar-refractivity contribution < 1.29 is 0 Å². The summed E-state index contributed by atoms with van der Waals surface area (Å²) in [7, 11) is 0. The smallest absolute Gasteiger partial charge is 0.0223 e. The van der Waals surface area contributed by atoms with Crippen molar-refractivity contribution in [2.24, 2.45) is 11.8 Å². The van der Waals surface area contributed by atoms with Gasteiger partial charge < -0.3 is 5.32 Å². The molecule has 0 aromatic heterocycles. The second-order valence-corrected chi connectivity index (χ2v) is 6.57. The standard InChI is InChI=1S/C15H30N2/c1-12(2)5-6-13(3)17-10-4-9-16-15(11-17)14-7-8-14/h12-16H,4-11H2,1-3H3. The van der Waals surface area contributed by atoms with E-state index in [1.54, 1.807) is 0 Å². The average molecular weight is 238 g/mol. The Kier molecular flexibility index (Phi) is 4.87. The summed E-state index contributed by atoms with van der Waals surface area (Å²) in [6, 6.07) is 1.57. The maximum Gasteiger partial charge on any atom is 0.0223 e. The molecule has 1 aliphatic carbocycles. The molecular weight excluding hydrogens is 208 g/mol. The summed E-state index contributed by atoms with van der Waals surface area (Å²) < 4.78 is 0. The molecule has 0 aromatic carbocycles. The van der Waals surface area contributed by atoms with Gasteiger partial charge in [0.2, 0.25) is 0 Å². The van der Waals surface area contributed by atoms with Crippen LogP contribution < -0.4 is 5.32 Å². The molecule has 1 aliphatic heterocycles. The molecule has 2 rings (SSSR count). The molecule has 1 heterocycles. The van der Waals surface area contributed by atoms with Crippen LogP contribution in [0, 0.1) is 11.8 Å². The number of hydrogen-bond donors (Lipinski definition) is 1. The lowest BCUT2D eigenvalue weighted by atomic mass is 10.0. The Bertz CT molecular complexity index is 223. The summed E-state index contributed by atoms with van der Waals surface area (Å²) in [4.78, 5) is 2.74. The Balaban J connectivity index is 1.80. The molecule has 2 fully saturated rings. The zero-order valence-corrected chi connectivity index (χ0v) is 11.9. The fourth-order valence-electron chi connectivity index (χ4n) is 2.95. The third-order valence-corrected chi connectivity index (χ3v) is 4.44. The Hall–Kier alpha value is -0.0800. The second-order valence-electron chi connectivity index (χ2n) is 6.57. The highest BCUT2D eigenvalue weighted by Gasteiger charge is 2.33. The molecule has 0 bridgehead atoms. The molecule has 0 radical (unpaired) electrons. The van der Waals surface area contributed by atoms with E-state index in [0.717, 1.165) is 23.9 Å². The van der Waals surface area contributed by atoms with Crippen LogP contribution in [0.3, 0.4) is 0 Å². The molecule has 2 nitrogen and oxygen atoms in total. The number of rotatable bonds is 5. The van der Waals surface area contributed by atoms with Gasteiger partial charge in [-0.15, -0.1) is 0 Å². The Morgan fingerprint density at radius 3 is 2.59 bits per heavy atom. The van der Waals surface area contributed by atoms with Crippen LogP contribution in [-0.2, 0) is 0 Å². The Morgan fingerprint density at radius 1 is 1.18 bits per heavy atom. The van der Waals surface area contributed by atoms with Crippen LogP contribution in [0.1, 0.15) is 52.9 Å². The third kappa shape index (κ3) is 4.26. The number of nitrogens with zero attached hydrogens (tertiary/aromatic N) is 1. The summed E-state index contributed by atoms with van der Waals surface area (Å²) >= 11 is 0. The van der Waals surface area contributed by atoms with Gasteiger partial charge in [0.15, 0.2) is 0 Å². The summed E-state index contributed by atoms with van der Waals surface area (Å²) in [6.45, 7) is 10.9. The van der Waals surface area contributed by atoms with Gasteiger partial charge in [0, 0.05) is 18.6 Å². The largest absolute Gasteiger partial charge is 0.312 e. The van der Waals surface area contributed by atoms with Crippen molar-refractivity contribution in [3.63, 3.8) is 0 Å². The molecule has 1 saturated carbocycles. The highest BCUT2D eigenvalue weighted by Crippen LogP contribution is 2.33. The monoisotopic (exact) mass is 238 g/mol. The van der Waals surface area contributed by atoms with Gasteiger partial charge in [-0.1, -0.05) is 13.8 Å². The van der Waals surface area contributed by atoms with Crippen LogP contribution in [0.5, 0.6) is 0 Å². The van der Waals surface area contributed by atoms with Gasteiger partial charge in [0.25, 0.3) is 0 Å². The van der Waals surface area contributed by atoms with Crippen molar-refractivity contribution in [1.82, 2.24) is 10.2 Å². The SMILES string of the molecule is CC(C)CCC(C)N1CCCNC(C2CC2)C1. The van der Waals surface area contributed by atoms with E-state index in [9.17, 15) is 0 Å². The quantitative estimate of drug-likeness (QED) is 0.792. The molecule has 0 amide bonds. The van der Waals surface area contributed by atoms with E-state index in [1.807, 2.05) is 0 Å². The van der Waals surface area contributed by atoms with Crippen molar-refractivity contribution in [2.75, 3.05) is 19.6 Å². The van der Waals surface area contributed by atoms with Crippen molar-refractivity contribution >= 4 is 0 Å². The molecule has 2 aliphatic rings. The lowest BCUT2D eigenvalue weighted by molar-refractivity contribution is 0.184. The van der Waals surface area contributed by atoms with Crippen LogP contribution in [0.2, 0.25) is 0 Å². The van der Waals surface area contributed by atoms with E-state index < -0.39 is 0 Å². The molecule has 2 unspecified atom stereocenters. The topological polar surface area (TPSA) is 15.3 Å². The van der Waals surface area contributed by atoms with Gasteiger partial charge in [0.1, 0.15) is 0 Å². The number of nitrogens with one attached hydrogen (secondary N) is 1. The van der Waals surface area contributed by atoms with Crippen molar-refractivity contribution in [2.45, 2.75) is 65.0 Å². The second kappa shape index (κ2) is 6.19. The van der Waals surface area contributed by atoms with Gasteiger partial charge in [-0.3, -0.25) is 4.90 Å². The van der Waals surface area contributed by atoms with Gasteiger partial charge >= 0.3 is 0 Å². The van der Waals surface area contributed by atoms with Gasteiger partial charge in [-0.05, 0) is 64.0 Å². The fourth-order valence-corrected chi connectivity index (χ4v) is 2.95. The van der Waals surface area contributed by atoms with Crippen LogP contribution in [-0.4, -0.2) is 36.6 Å². The van der Waals surface area contributed by atoms with E-state index >= 15 is 0 Å². The predicted octanol–water partition coefficient (Wildman–Crippen LogP) is 2.89. The van der Waals surface area contributed by atoms with E-state index in [1.165, 1.54) is 51.7 Å². The van der Waals surface area contributed by atoms with Crippen LogP contribution in [0.25, 0.3) is 0 Å². The highest BCUT2D eigenvalue weighted by molar-refractivity contribution is 4.91. The minimum Gasteiger partial charge on any atom is -0.312 e. The van der Waals surface area contributed by atoms with E-state index in [-0.39, 0.29) is 0 Å². The minimum atomic E-state index is 0.776. The molecule has 1 N–H and O–H groups in total. The summed E-state index contributed by atoms with van der Waals surface area (Å²) in [5.74, 6) is 1.84. The van der Waals surface area contributed by atoms with Crippen molar-refractivity contribution in [1.29, 1.82) is 0 Å². The molecule has 1 saturated heterocycles. The number of hydrogen-bond acceptors (Lipinski definition) is 2. The van der Waals surface area contributed by atoms with Gasteiger partial charge in [0.05, 0.1) is 0 Å². The molecule has 0 spiro atoms. The Morgan fingerprint density at radius 2 is 1.94 bits per heavy atom. The summed E-state index contributed by atoms with van der Waals surface area (Å²) in [5.41, 5.74) is 0. The first-order chi connectivity index (χ1) is 8.16. The molecule has 17 heavy (non-hydrogen) atoms. The third-order valence-electron chi connectivity index (χ3n) is 4.44. The fraction of sp³-hybridized carbons (Fsp3) is 1.00. The van der Waals surface area contributed by atoms with Crippen LogP contribution >= 0.6 is 0 Å². The first-order valence-electron chi connectivity index (χ1n) is 7.64. The molecule has 2 atom stereocenters. The lowest BCUT2D eigenvalue weighted by Crippen LogP contribution is -2.42. The average Bonchev–Trinajstić information content (AvgIpc) is 3.10.